The largest absolute Gasteiger partial charge is 0.573 e. The van der Waals surface area contributed by atoms with Crippen molar-refractivity contribution < 1.29 is 27.6 Å². The van der Waals surface area contributed by atoms with Crippen molar-refractivity contribution in [1.29, 1.82) is 0 Å². The van der Waals surface area contributed by atoms with Gasteiger partial charge in [0.15, 0.2) is 0 Å². The maximum Gasteiger partial charge on any atom is 0.573 e. The summed E-state index contributed by atoms with van der Waals surface area (Å²) in [6, 6.07) is 15.0. The van der Waals surface area contributed by atoms with Gasteiger partial charge < -0.3 is 20.7 Å². The minimum atomic E-state index is -4.84. The molecule has 0 radical (unpaired) electrons. The molecule has 0 saturated carbocycles. The Morgan fingerprint density at radius 1 is 1.07 bits per heavy atom. The molecular formula is C28H31F3N7O4P. The number of nitro groups is 1. The smallest absolute Gasteiger partial charge is 0.405 e. The predicted octanol–water partition coefficient (Wildman–Crippen LogP) is 5.23. The molecule has 2 aromatic carbocycles. The number of carbonyl (C=O) groups is 1. The molecule has 43 heavy (non-hydrogen) atoms. The fraction of sp³-hybridized carbons (Fsp3) is 0.393. The van der Waals surface area contributed by atoms with Crippen molar-refractivity contribution in [2.75, 3.05) is 42.6 Å². The van der Waals surface area contributed by atoms with Crippen molar-refractivity contribution in [2.24, 2.45) is 5.92 Å². The van der Waals surface area contributed by atoms with Crippen LogP contribution >= 0.6 is 8.07 Å². The normalized spacial score (nSPS) is 19.2. The number of anilines is 2. The number of halogens is 3. The number of hydrogen-bond acceptors (Lipinski definition) is 9. The SMILES string of the molecule is O=C(NC1CN(P2CCC(CNc3nc(NCc4ccccc4OC(F)(F)F)ncc3[N+](=O)[O-])CC2)C1)c1ccccc1. The standard InChI is InChI=1S/C28H31F3N7O4P/c29-28(30,31)42-24-9-5-4-8-21(24)15-33-27-34-16-23(38(40)41)25(36-27)32-14-19-10-12-43(13-11-19)37-17-22(18-37)35-26(39)20-6-2-1-3-7-20/h1-9,16,19,22H,10-15,17-18H2,(H,35,39)(H2,32,33,34,36). The van der Waals surface area contributed by atoms with Crippen LogP contribution in [0.3, 0.4) is 0 Å². The second-order valence-electron chi connectivity index (χ2n) is 10.4. The third-order valence-electron chi connectivity index (χ3n) is 7.38. The molecule has 3 heterocycles. The van der Waals surface area contributed by atoms with Crippen LogP contribution in [0.25, 0.3) is 0 Å². The number of hydrogen-bond donors (Lipinski definition) is 3. The fourth-order valence-corrected chi connectivity index (χ4v) is 8.03. The van der Waals surface area contributed by atoms with Gasteiger partial charge in [-0.1, -0.05) is 36.4 Å². The highest BCUT2D eigenvalue weighted by molar-refractivity contribution is 7.55. The number of para-hydroxylation sites is 1. The quantitative estimate of drug-likeness (QED) is 0.150. The van der Waals surface area contributed by atoms with Gasteiger partial charge in [-0.05, 0) is 57.4 Å². The van der Waals surface area contributed by atoms with Crippen LogP contribution in [0.5, 0.6) is 5.75 Å². The van der Waals surface area contributed by atoms with E-state index in [0.717, 1.165) is 44.5 Å². The summed E-state index contributed by atoms with van der Waals surface area (Å²) in [5, 5.41) is 20.6. The maximum absolute atomic E-state index is 12.7. The molecule has 15 heteroatoms. The van der Waals surface area contributed by atoms with Crippen LogP contribution in [0.15, 0.2) is 60.8 Å². The van der Waals surface area contributed by atoms with Crippen molar-refractivity contribution in [3.63, 3.8) is 0 Å². The van der Waals surface area contributed by atoms with Crippen LogP contribution in [0, 0.1) is 16.0 Å². The molecule has 2 aliphatic rings. The van der Waals surface area contributed by atoms with E-state index in [1.54, 1.807) is 18.2 Å². The van der Waals surface area contributed by atoms with Crippen LogP contribution in [0.2, 0.25) is 0 Å². The zero-order valence-corrected chi connectivity index (χ0v) is 24.0. The van der Waals surface area contributed by atoms with Gasteiger partial charge in [-0.2, -0.15) is 4.98 Å². The number of rotatable bonds is 11. The highest BCUT2D eigenvalue weighted by atomic mass is 31.1. The lowest BCUT2D eigenvalue weighted by molar-refractivity contribution is -0.384. The Labute approximate surface area is 247 Å². The number of nitrogens with one attached hydrogen (secondary N) is 3. The average Bonchev–Trinajstić information content (AvgIpc) is 2.97. The molecule has 5 rings (SSSR count). The van der Waals surface area contributed by atoms with Crippen molar-refractivity contribution in [2.45, 2.75) is 31.8 Å². The minimum absolute atomic E-state index is 0.0359. The molecule has 2 fully saturated rings. The molecule has 0 aliphatic carbocycles. The second-order valence-corrected chi connectivity index (χ2v) is 12.9. The number of ether oxygens (including phenoxy) is 1. The van der Waals surface area contributed by atoms with Crippen LogP contribution in [0.4, 0.5) is 30.6 Å². The summed E-state index contributed by atoms with van der Waals surface area (Å²) in [6.07, 6.45) is 0.284. The Hall–Kier alpha value is -4.03. The molecule has 228 valence electrons. The lowest BCUT2D eigenvalue weighted by atomic mass is 10.0. The Morgan fingerprint density at radius 2 is 1.77 bits per heavy atom. The first kappa shape index (κ1) is 30.4. The second kappa shape index (κ2) is 13.5. The van der Waals surface area contributed by atoms with E-state index in [4.69, 9.17) is 0 Å². The monoisotopic (exact) mass is 617 g/mol. The molecule has 3 aromatic rings. The lowest BCUT2D eigenvalue weighted by Gasteiger charge is -2.46. The number of alkyl halides is 3. The molecule has 2 saturated heterocycles. The van der Waals surface area contributed by atoms with Gasteiger partial charge in [0.1, 0.15) is 11.9 Å². The summed E-state index contributed by atoms with van der Waals surface area (Å²) < 4.78 is 44.7. The summed E-state index contributed by atoms with van der Waals surface area (Å²) in [4.78, 5) is 31.6. The van der Waals surface area contributed by atoms with E-state index in [0.29, 0.717) is 18.0 Å². The van der Waals surface area contributed by atoms with E-state index in [1.165, 1.54) is 18.2 Å². The molecule has 0 unspecified atom stereocenters. The lowest BCUT2D eigenvalue weighted by Crippen LogP contribution is -2.57. The van der Waals surface area contributed by atoms with Gasteiger partial charge in [-0.25, -0.2) is 4.98 Å². The van der Waals surface area contributed by atoms with Crippen LogP contribution in [-0.2, 0) is 6.54 Å². The average molecular weight is 618 g/mol. The molecule has 2 aliphatic heterocycles. The topological polar surface area (TPSA) is 135 Å². The van der Waals surface area contributed by atoms with E-state index in [1.807, 2.05) is 18.2 Å². The van der Waals surface area contributed by atoms with Crippen LogP contribution < -0.4 is 20.7 Å². The third kappa shape index (κ3) is 8.29. The first-order valence-electron chi connectivity index (χ1n) is 13.8. The van der Waals surface area contributed by atoms with Crippen LogP contribution in [0.1, 0.15) is 28.8 Å². The van der Waals surface area contributed by atoms with Crippen molar-refractivity contribution in [3.8, 4) is 5.75 Å². The van der Waals surface area contributed by atoms with Gasteiger partial charge in [0, 0.05) is 37.3 Å². The number of carbonyl (C=O) groups excluding carboxylic acids is 1. The molecule has 0 bridgehead atoms. The van der Waals surface area contributed by atoms with Gasteiger partial charge in [-0.15, -0.1) is 13.2 Å². The molecular weight excluding hydrogens is 586 g/mol. The molecule has 0 spiro atoms. The zero-order chi connectivity index (χ0) is 30.4. The number of benzene rings is 2. The van der Waals surface area contributed by atoms with E-state index in [9.17, 15) is 28.1 Å². The third-order valence-corrected chi connectivity index (χ3v) is 10.1. The van der Waals surface area contributed by atoms with Crippen molar-refractivity contribution >= 4 is 31.4 Å². The van der Waals surface area contributed by atoms with Gasteiger partial charge in [0.25, 0.3) is 5.91 Å². The van der Waals surface area contributed by atoms with Crippen molar-refractivity contribution in [1.82, 2.24) is 20.0 Å². The summed E-state index contributed by atoms with van der Waals surface area (Å²) in [5.41, 5.74) is 0.600. The molecule has 1 amide bonds. The summed E-state index contributed by atoms with van der Waals surface area (Å²) in [7, 11) is -0.274. The Balaban J connectivity index is 1.09. The molecule has 1 aromatic heterocycles. The van der Waals surface area contributed by atoms with E-state index in [-0.39, 0.29) is 55.3 Å². The number of nitrogens with zero attached hydrogens (tertiary/aromatic N) is 4. The fourth-order valence-electron chi connectivity index (χ4n) is 5.06. The van der Waals surface area contributed by atoms with Gasteiger partial charge in [0.05, 0.1) is 11.0 Å². The summed E-state index contributed by atoms with van der Waals surface area (Å²) in [6.45, 7) is 2.12. The highest BCUT2D eigenvalue weighted by Gasteiger charge is 2.35. The summed E-state index contributed by atoms with van der Waals surface area (Å²) >= 11 is 0. The Morgan fingerprint density at radius 3 is 2.47 bits per heavy atom. The van der Waals surface area contributed by atoms with E-state index < -0.39 is 11.3 Å². The van der Waals surface area contributed by atoms with Gasteiger partial charge in [-0.3, -0.25) is 19.6 Å². The first-order chi connectivity index (χ1) is 20.6. The minimum Gasteiger partial charge on any atom is -0.405 e. The van der Waals surface area contributed by atoms with Crippen LogP contribution in [-0.4, -0.2) is 69.8 Å². The number of aromatic nitrogens is 2. The highest BCUT2D eigenvalue weighted by Crippen LogP contribution is 2.49. The molecule has 0 atom stereocenters. The van der Waals surface area contributed by atoms with E-state index >= 15 is 0 Å². The zero-order valence-electron chi connectivity index (χ0n) is 23.1. The predicted molar refractivity (Wildman–Crippen MR) is 156 cm³/mol. The first-order valence-corrected chi connectivity index (χ1v) is 15.5. The van der Waals surface area contributed by atoms with E-state index in [2.05, 4.69) is 35.3 Å². The Bertz CT molecular complexity index is 1420. The van der Waals surface area contributed by atoms with Gasteiger partial charge >= 0.3 is 12.0 Å². The number of amides is 1. The molecule has 3 N–H and O–H groups in total. The van der Waals surface area contributed by atoms with Crippen molar-refractivity contribution in [3.05, 3.63) is 82.0 Å². The van der Waals surface area contributed by atoms with Gasteiger partial charge in [0.2, 0.25) is 11.8 Å². The Kier molecular flexibility index (Phi) is 9.56. The molecule has 11 nitrogen and oxygen atoms in total. The summed E-state index contributed by atoms with van der Waals surface area (Å²) in [5.74, 6) is -0.00868. The maximum atomic E-state index is 12.7.